The Morgan fingerprint density at radius 3 is 2.79 bits per heavy atom. The molecule has 1 unspecified atom stereocenters. The van der Waals surface area contributed by atoms with Gasteiger partial charge in [0.2, 0.25) is 5.91 Å². The third kappa shape index (κ3) is 5.42. The van der Waals surface area contributed by atoms with Crippen molar-refractivity contribution in [2.75, 3.05) is 18.2 Å². The first-order valence-corrected chi connectivity index (χ1v) is 12.8. The molecule has 0 bridgehead atoms. The number of esters is 1. The maximum atomic E-state index is 12.7. The number of nitrogens with one attached hydrogen (secondary N) is 1. The molecule has 2 aromatic heterocycles. The Hall–Kier alpha value is -2.36. The van der Waals surface area contributed by atoms with Crippen LogP contribution in [0, 0.1) is 5.92 Å². The number of benzene rings is 1. The normalized spacial score (nSPS) is 15.2. The highest BCUT2D eigenvalue weighted by atomic mass is 35.5. The highest BCUT2D eigenvalue weighted by Gasteiger charge is 2.29. The molecule has 10 heteroatoms. The number of rotatable bonds is 7. The molecule has 1 aliphatic carbocycles. The van der Waals surface area contributed by atoms with Gasteiger partial charge in [0.25, 0.3) is 0 Å². The Labute approximate surface area is 205 Å². The standard InChI is InChI=1S/C23H25ClN4O3S2/c1-13-4-9-16-17(10-13)33-21(20(16)22(30)31-3)25-19(29)12-32-23-27-26-18(28(23)2)11-14-5-7-15(24)8-6-14/h5-8,13H,4,9-12H2,1-3H3,(H,25,29). The summed E-state index contributed by atoms with van der Waals surface area (Å²) in [4.78, 5) is 26.3. The molecule has 1 aromatic carbocycles. The van der Waals surface area contributed by atoms with Gasteiger partial charge >= 0.3 is 5.97 Å². The molecule has 1 atom stereocenters. The SMILES string of the molecule is COC(=O)c1c(NC(=O)CSc2nnc(Cc3ccc(Cl)cc3)n2C)sc2c1CCC(C)C2. The summed E-state index contributed by atoms with van der Waals surface area (Å²) < 4.78 is 6.88. The third-order valence-corrected chi connectivity index (χ3v) is 8.13. The van der Waals surface area contributed by atoms with Crippen LogP contribution in [-0.4, -0.2) is 39.5 Å². The van der Waals surface area contributed by atoms with Crippen LogP contribution in [-0.2, 0) is 35.8 Å². The van der Waals surface area contributed by atoms with Gasteiger partial charge in [-0.25, -0.2) is 4.79 Å². The van der Waals surface area contributed by atoms with Gasteiger partial charge in [-0.3, -0.25) is 4.79 Å². The summed E-state index contributed by atoms with van der Waals surface area (Å²) in [6.45, 7) is 2.21. The van der Waals surface area contributed by atoms with Gasteiger partial charge in [0.05, 0.1) is 18.4 Å². The molecule has 1 amide bonds. The van der Waals surface area contributed by atoms with Crippen LogP contribution in [0.3, 0.4) is 0 Å². The van der Waals surface area contributed by atoms with Crippen molar-refractivity contribution >= 4 is 51.6 Å². The molecule has 0 aliphatic heterocycles. The first-order chi connectivity index (χ1) is 15.9. The van der Waals surface area contributed by atoms with E-state index >= 15 is 0 Å². The van der Waals surface area contributed by atoms with E-state index in [1.807, 2.05) is 35.9 Å². The Morgan fingerprint density at radius 2 is 2.06 bits per heavy atom. The van der Waals surface area contributed by atoms with E-state index in [2.05, 4.69) is 22.4 Å². The van der Waals surface area contributed by atoms with E-state index in [4.69, 9.17) is 16.3 Å². The molecule has 1 N–H and O–H groups in total. The maximum absolute atomic E-state index is 12.7. The number of hydrogen-bond acceptors (Lipinski definition) is 7. The van der Waals surface area contributed by atoms with Gasteiger partial charge in [-0.2, -0.15) is 0 Å². The first kappa shape index (κ1) is 23.8. The predicted octanol–water partition coefficient (Wildman–Crippen LogP) is 4.76. The molecule has 4 rings (SSSR count). The lowest BCUT2D eigenvalue weighted by molar-refractivity contribution is -0.113. The summed E-state index contributed by atoms with van der Waals surface area (Å²) >= 11 is 8.74. The van der Waals surface area contributed by atoms with Crippen LogP contribution in [0.1, 0.15) is 45.5 Å². The number of carbonyl (C=O) groups is 2. The van der Waals surface area contributed by atoms with Crippen molar-refractivity contribution in [3.8, 4) is 0 Å². The Balaban J connectivity index is 1.41. The van der Waals surface area contributed by atoms with E-state index in [-0.39, 0.29) is 11.7 Å². The molecule has 174 valence electrons. The van der Waals surface area contributed by atoms with E-state index < -0.39 is 5.97 Å². The molecule has 7 nitrogen and oxygen atoms in total. The fraction of sp³-hybridized carbons (Fsp3) is 0.391. The van der Waals surface area contributed by atoms with Gasteiger partial charge in [-0.15, -0.1) is 21.5 Å². The number of nitrogens with zero attached hydrogens (tertiary/aromatic N) is 3. The number of anilines is 1. The quantitative estimate of drug-likeness (QED) is 0.368. The molecule has 3 aromatic rings. The lowest BCUT2D eigenvalue weighted by atomic mass is 9.88. The van der Waals surface area contributed by atoms with Crippen LogP contribution in [0.15, 0.2) is 29.4 Å². The zero-order valence-electron chi connectivity index (χ0n) is 18.7. The van der Waals surface area contributed by atoms with Crippen LogP contribution >= 0.6 is 34.7 Å². The van der Waals surface area contributed by atoms with Gasteiger partial charge in [-0.05, 0) is 48.4 Å². The molecule has 0 spiro atoms. The fourth-order valence-corrected chi connectivity index (χ4v) is 6.13. The number of hydrogen-bond donors (Lipinski definition) is 1. The van der Waals surface area contributed by atoms with E-state index in [9.17, 15) is 9.59 Å². The third-order valence-electron chi connectivity index (χ3n) is 5.69. The molecule has 0 radical (unpaired) electrons. The van der Waals surface area contributed by atoms with Crippen molar-refractivity contribution in [2.24, 2.45) is 13.0 Å². The van der Waals surface area contributed by atoms with Gasteiger partial charge < -0.3 is 14.6 Å². The highest BCUT2D eigenvalue weighted by molar-refractivity contribution is 7.99. The van der Waals surface area contributed by atoms with E-state index in [0.717, 1.165) is 41.1 Å². The van der Waals surface area contributed by atoms with Crippen LogP contribution in [0.25, 0.3) is 0 Å². The van der Waals surface area contributed by atoms with Crippen LogP contribution in [0.4, 0.5) is 5.00 Å². The number of methoxy groups -OCH3 is 1. The summed E-state index contributed by atoms with van der Waals surface area (Å²) in [5.41, 5.74) is 2.61. The summed E-state index contributed by atoms with van der Waals surface area (Å²) in [6, 6.07) is 7.60. The minimum absolute atomic E-state index is 0.159. The average Bonchev–Trinajstić information content (AvgIpc) is 3.32. The van der Waals surface area contributed by atoms with Gasteiger partial charge in [0.15, 0.2) is 5.16 Å². The lowest BCUT2D eigenvalue weighted by Gasteiger charge is -2.18. The van der Waals surface area contributed by atoms with Crippen molar-refractivity contribution in [1.29, 1.82) is 0 Å². The van der Waals surface area contributed by atoms with Crippen molar-refractivity contribution in [1.82, 2.24) is 14.8 Å². The number of thioether (sulfide) groups is 1. The number of thiophene rings is 1. The van der Waals surface area contributed by atoms with Crippen LogP contribution < -0.4 is 5.32 Å². The minimum atomic E-state index is -0.398. The van der Waals surface area contributed by atoms with Crippen molar-refractivity contribution < 1.29 is 14.3 Å². The molecule has 1 aliphatic rings. The Bertz CT molecular complexity index is 1170. The largest absolute Gasteiger partial charge is 0.465 e. The molecular weight excluding hydrogens is 480 g/mol. The second-order valence-electron chi connectivity index (χ2n) is 8.15. The Morgan fingerprint density at radius 1 is 1.30 bits per heavy atom. The van der Waals surface area contributed by atoms with E-state index in [0.29, 0.717) is 33.1 Å². The van der Waals surface area contributed by atoms with E-state index in [1.54, 1.807) is 0 Å². The lowest BCUT2D eigenvalue weighted by Crippen LogP contribution is -2.17. The number of amides is 1. The first-order valence-electron chi connectivity index (χ1n) is 10.6. The van der Waals surface area contributed by atoms with Gasteiger partial charge in [0.1, 0.15) is 10.8 Å². The molecule has 0 saturated carbocycles. The summed E-state index contributed by atoms with van der Waals surface area (Å²) in [6.07, 6.45) is 3.40. The Kier molecular flexibility index (Phi) is 7.41. The molecular formula is C23H25ClN4O3S2. The van der Waals surface area contributed by atoms with Gasteiger partial charge in [-0.1, -0.05) is 42.4 Å². The second kappa shape index (κ2) is 10.3. The zero-order valence-corrected chi connectivity index (χ0v) is 21.1. The summed E-state index contributed by atoms with van der Waals surface area (Å²) in [7, 11) is 3.25. The summed E-state index contributed by atoms with van der Waals surface area (Å²) in [5.74, 6) is 0.933. The summed E-state index contributed by atoms with van der Waals surface area (Å²) in [5, 5.41) is 13.3. The van der Waals surface area contributed by atoms with Crippen molar-refractivity contribution in [3.05, 3.63) is 56.7 Å². The number of halogens is 1. The molecule has 33 heavy (non-hydrogen) atoms. The monoisotopic (exact) mass is 504 g/mol. The van der Waals surface area contributed by atoms with Crippen LogP contribution in [0.5, 0.6) is 0 Å². The average molecular weight is 505 g/mol. The zero-order chi connectivity index (χ0) is 23.5. The molecule has 2 heterocycles. The maximum Gasteiger partial charge on any atom is 0.341 e. The van der Waals surface area contributed by atoms with Gasteiger partial charge in [0, 0.05) is 23.4 Å². The van der Waals surface area contributed by atoms with E-state index in [1.165, 1.54) is 30.2 Å². The smallest absolute Gasteiger partial charge is 0.341 e. The van der Waals surface area contributed by atoms with Crippen molar-refractivity contribution in [2.45, 2.75) is 37.8 Å². The molecule has 0 fully saturated rings. The molecule has 0 saturated heterocycles. The number of fused-ring (bicyclic) bond motifs is 1. The fourth-order valence-electron chi connectivity index (χ4n) is 3.86. The number of carbonyl (C=O) groups excluding carboxylic acids is 2. The van der Waals surface area contributed by atoms with Crippen molar-refractivity contribution in [3.63, 3.8) is 0 Å². The second-order valence-corrected chi connectivity index (χ2v) is 10.6. The number of aromatic nitrogens is 3. The van der Waals surface area contributed by atoms with Crippen LogP contribution in [0.2, 0.25) is 5.02 Å². The predicted molar refractivity (Wildman–Crippen MR) is 131 cm³/mol. The number of ether oxygens (including phenoxy) is 1. The minimum Gasteiger partial charge on any atom is -0.465 e. The highest BCUT2D eigenvalue weighted by Crippen LogP contribution is 2.40. The topological polar surface area (TPSA) is 86.1 Å².